The Morgan fingerprint density at radius 2 is 2.05 bits per heavy atom. The molecule has 0 amide bonds. The summed E-state index contributed by atoms with van der Waals surface area (Å²) in [6.07, 6.45) is 1.68. The molecule has 2 heterocycles. The molecule has 0 unspecified atom stereocenters. The highest BCUT2D eigenvalue weighted by Crippen LogP contribution is 2.28. The Kier molecular flexibility index (Phi) is 3.28. The predicted molar refractivity (Wildman–Crippen MR) is 75.5 cm³/mol. The molecule has 0 N–H and O–H groups in total. The number of halogens is 1. The van der Waals surface area contributed by atoms with Gasteiger partial charge in [0.05, 0.1) is 11.2 Å². The van der Waals surface area contributed by atoms with Crippen molar-refractivity contribution in [2.45, 2.75) is 20.4 Å². The molecule has 0 spiro atoms. The van der Waals surface area contributed by atoms with Gasteiger partial charge in [0.2, 0.25) is 5.89 Å². The molecule has 0 atom stereocenters. The van der Waals surface area contributed by atoms with Crippen molar-refractivity contribution in [3.05, 3.63) is 53.0 Å². The molecule has 0 aliphatic heterocycles. The van der Waals surface area contributed by atoms with Gasteiger partial charge < -0.3 is 4.42 Å². The molecule has 5 nitrogen and oxygen atoms in total. The molecule has 0 fully saturated rings. The molecule has 0 saturated carbocycles. The fourth-order valence-electron chi connectivity index (χ4n) is 2.01. The second-order valence-electron chi connectivity index (χ2n) is 4.46. The van der Waals surface area contributed by atoms with Crippen LogP contribution in [0.1, 0.15) is 17.5 Å². The third-order valence-corrected chi connectivity index (χ3v) is 3.27. The Balaban J connectivity index is 1.88. The number of rotatable bonds is 3. The third-order valence-electron chi connectivity index (χ3n) is 2.94. The van der Waals surface area contributed by atoms with Crippen molar-refractivity contribution in [2.75, 3.05) is 0 Å². The fourth-order valence-corrected chi connectivity index (χ4v) is 2.24. The SMILES string of the molecule is Cc1nc(C)n(Cc2ncc(-c3ccccc3Cl)o2)n1. The quantitative estimate of drug-likeness (QED) is 0.742. The summed E-state index contributed by atoms with van der Waals surface area (Å²) in [6, 6.07) is 7.51. The monoisotopic (exact) mass is 288 g/mol. The van der Waals surface area contributed by atoms with Gasteiger partial charge in [0.15, 0.2) is 5.76 Å². The van der Waals surface area contributed by atoms with Gasteiger partial charge in [-0.2, -0.15) is 5.10 Å². The van der Waals surface area contributed by atoms with E-state index < -0.39 is 0 Å². The van der Waals surface area contributed by atoms with E-state index in [1.165, 1.54) is 0 Å². The minimum Gasteiger partial charge on any atom is -0.439 e. The van der Waals surface area contributed by atoms with Crippen molar-refractivity contribution in [3.63, 3.8) is 0 Å². The van der Waals surface area contributed by atoms with E-state index in [1.807, 2.05) is 38.1 Å². The standard InChI is InChI=1S/C14H13ClN4O/c1-9-17-10(2)19(18-9)8-14-16-7-13(20-14)11-5-3-4-6-12(11)15/h3-7H,8H2,1-2H3. The summed E-state index contributed by atoms with van der Waals surface area (Å²) in [5.74, 6) is 2.80. The molecule has 0 saturated heterocycles. The summed E-state index contributed by atoms with van der Waals surface area (Å²) in [4.78, 5) is 8.51. The summed E-state index contributed by atoms with van der Waals surface area (Å²) in [6.45, 7) is 4.21. The topological polar surface area (TPSA) is 56.7 Å². The van der Waals surface area contributed by atoms with Crippen LogP contribution in [0.25, 0.3) is 11.3 Å². The van der Waals surface area contributed by atoms with Crippen LogP contribution in [0.5, 0.6) is 0 Å². The smallest absolute Gasteiger partial charge is 0.216 e. The first-order chi connectivity index (χ1) is 9.63. The molecular formula is C14H13ClN4O. The summed E-state index contributed by atoms with van der Waals surface area (Å²) in [5, 5.41) is 4.93. The molecular weight excluding hydrogens is 276 g/mol. The average molecular weight is 289 g/mol. The lowest BCUT2D eigenvalue weighted by Crippen LogP contribution is -2.04. The molecule has 20 heavy (non-hydrogen) atoms. The van der Waals surface area contributed by atoms with E-state index in [9.17, 15) is 0 Å². The second kappa shape index (κ2) is 5.09. The van der Waals surface area contributed by atoms with Gasteiger partial charge in [-0.1, -0.05) is 23.7 Å². The van der Waals surface area contributed by atoms with Crippen molar-refractivity contribution >= 4 is 11.6 Å². The predicted octanol–water partition coefficient (Wildman–Crippen LogP) is 3.25. The zero-order valence-corrected chi connectivity index (χ0v) is 11.9. The molecule has 102 valence electrons. The normalized spacial score (nSPS) is 10.9. The first kappa shape index (κ1) is 12.9. The number of hydrogen-bond donors (Lipinski definition) is 0. The summed E-state index contributed by atoms with van der Waals surface area (Å²) in [5.41, 5.74) is 0.833. The largest absolute Gasteiger partial charge is 0.439 e. The van der Waals surface area contributed by atoms with E-state index in [4.69, 9.17) is 16.0 Å². The third kappa shape index (κ3) is 2.44. The molecule has 3 aromatic rings. The molecule has 0 radical (unpaired) electrons. The van der Waals surface area contributed by atoms with Crippen LogP contribution < -0.4 is 0 Å². The number of nitrogens with zero attached hydrogens (tertiary/aromatic N) is 4. The number of aromatic nitrogens is 4. The Bertz CT molecular complexity index is 747. The molecule has 2 aromatic heterocycles. The number of hydrogen-bond acceptors (Lipinski definition) is 4. The number of aryl methyl sites for hydroxylation is 2. The zero-order chi connectivity index (χ0) is 14.1. The number of benzene rings is 1. The fraction of sp³-hybridized carbons (Fsp3) is 0.214. The maximum atomic E-state index is 6.14. The van der Waals surface area contributed by atoms with Gasteiger partial charge in [0.25, 0.3) is 0 Å². The van der Waals surface area contributed by atoms with Crippen LogP contribution in [0.2, 0.25) is 5.02 Å². The van der Waals surface area contributed by atoms with Crippen LogP contribution in [0.3, 0.4) is 0 Å². The van der Waals surface area contributed by atoms with Gasteiger partial charge in [-0.15, -0.1) is 0 Å². The van der Waals surface area contributed by atoms with Crippen LogP contribution in [-0.4, -0.2) is 19.7 Å². The van der Waals surface area contributed by atoms with Gasteiger partial charge >= 0.3 is 0 Å². The molecule has 6 heteroatoms. The van der Waals surface area contributed by atoms with Crippen LogP contribution in [0, 0.1) is 13.8 Å². The Morgan fingerprint density at radius 3 is 2.75 bits per heavy atom. The van der Waals surface area contributed by atoms with Gasteiger partial charge in [0.1, 0.15) is 18.2 Å². The second-order valence-corrected chi connectivity index (χ2v) is 4.87. The van der Waals surface area contributed by atoms with Crippen LogP contribution in [0.4, 0.5) is 0 Å². The van der Waals surface area contributed by atoms with E-state index in [-0.39, 0.29) is 0 Å². The minimum absolute atomic E-state index is 0.455. The molecule has 3 rings (SSSR count). The van der Waals surface area contributed by atoms with Gasteiger partial charge in [0, 0.05) is 5.56 Å². The van der Waals surface area contributed by atoms with E-state index >= 15 is 0 Å². The number of oxazole rings is 1. The molecule has 0 aliphatic rings. The van der Waals surface area contributed by atoms with Crippen molar-refractivity contribution in [2.24, 2.45) is 0 Å². The minimum atomic E-state index is 0.455. The first-order valence-electron chi connectivity index (χ1n) is 6.21. The van der Waals surface area contributed by atoms with Gasteiger partial charge in [-0.3, -0.25) is 0 Å². The highest BCUT2D eigenvalue weighted by Gasteiger charge is 2.11. The highest BCUT2D eigenvalue weighted by atomic mass is 35.5. The van der Waals surface area contributed by atoms with Crippen molar-refractivity contribution in [1.82, 2.24) is 19.7 Å². The van der Waals surface area contributed by atoms with Gasteiger partial charge in [-0.05, 0) is 26.0 Å². The Morgan fingerprint density at radius 1 is 1.25 bits per heavy atom. The van der Waals surface area contributed by atoms with Crippen LogP contribution in [-0.2, 0) is 6.54 Å². The van der Waals surface area contributed by atoms with E-state index in [0.717, 1.165) is 17.2 Å². The lowest BCUT2D eigenvalue weighted by atomic mass is 10.2. The maximum absolute atomic E-state index is 6.14. The van der Waals surface area contributed by atoms with E-state index in [2.05, 4.69) is 15.1 Å². The lowest BCUT2D eigenvalue weighted by Gasteiger charge is -2.00. The zero-order valence-electron chi connectivity index (χ0n) is 11.2. The summed E-state index contributed by atoms with van der Waals surface area (Å²) in [7, 11) is 0. The van der Waals surface area contributed by atoms with Crippen molar-refractivity contribution in [3.8, 4) is 11.3 Å². The molecule has 0 bridgehead atoms. The summed E-state index contributed by atoms with van der Waals surface area (Å²) >= 11 is 6.14. The first-order valence-corrected chi connectivity index (χ1v) is 6.59. The summed E-state index contributed by atoms with van der Waals surface area (Å²) < 4.78 is 7.50. The van der Waals surface area contributed by atoms with E-state index in [0.29, 0.717) is 23.2 Å². The van der Waals surface area contributed by atoms with E-state index in [1.54, 1.807) is 10.9 Å². The molecule has 0 aliphatic carbocycles. The van der Waals surface area contributed by atoms with Crippen LogP contribution >= 0.6 is 11.6 Å². The van der Waals surface area contributed by atoms with Gasteiger partial charge in [-0.25, -0.2) is 14.6 Å². The average Bonchev–Trinajstić information content (AvgIpc) is 2.98. The Labute approximate surface area is 121 Å². The Hall–Kier alpha value is -2.14. The van der Waals surface area contributed by atoms with Crippen molar-refractivity contribution < 1.29 is 4.42 Å². The lowest BCUT2D eigenvalue weighted by molar-refractivity contribution is 0.469. The van der Waals surface area contributed by atoms with Crippen LogP contribution in [0.15, 0.2) is 34.9 Å². The maximum Gasteiger partial charge on any atom is 0.216 e. The highest BCUT2D eigenvalue weighted by molar-refractivity contribution is 6.33. The molecule has 1 aromatic carbocycles. The van der Waals surface area contributed by atoms with Crippen molar-refractivity contribution in [1.29, 1.82) is 0 Å².